The minimum absolute atomic E-state index is 0.456. The summed E-state index contributed by atoms with van der Waals surface area (Å²) in [5.74, 6) is 0.970. The maximum atomic E-state index is 5.76. The Bertz CT molecular complexity index is 349. The van der Waals surface area contributed by atoms with E-state index in [4.69, 9.17) is 4.74 Å². The first-order valence-corrected chi connectivity index (χ1v) is 7.78. The van der Waals surface area contributed by atoms with Crippen molar-refractivity contribution in [3.05, 3.63) is 29.8 Å². The van der Waals surface area contributed by atoms with Gasteiger partial charge >= 0.3 is 0 Å². The van der Waals surface area contributed by atoms with Crippen LogP contribution >= 0.6 is 0 Å². The fourth-order valence-electron chi connectivity index (χ4n) is 2.18. The van der Waals surface area contributed by atoms with Crippen LogP contribution in [0, 0.1) is 0 Å². The van der Waals surface area contributed by atoms with Gasteiger partial charge in [-0.05, 0) is 57.6 Å². The molecule has 0 fully saturated rings. The number of benzene rings is 1. The third-order valence-electron chi connectivity index (χ3n) is 3.35. The minimum Gasteiger partial charge on any atom is -0.494 e. The standard InChI is InChI=1S/C17H30N2O/c1-5-12-18-17(6-2)15-8-10-16(11-9-15)20-14-7-13-19(3)4/h8-11,17-18H,5-7,12-14H2,1-4H3. The highest BCUT2D eigenvalue weighted by atomic mass is 16.5. The van der Waals surface area contributed by atoms with Crippen molar-refractivity contribution in [2.45, 2.75) is 39.2 Å². The summed E-state index contributed by atoms with van der Waals surface area (Å²) < 4.78 is 5.76. The van der Waals surface area contributed by atoms with Crippen LogP contribution in [0.2, 0.25) is 0 Å². The van der Waals surface area contributed by atoms with Crippen LogP contribution in [-0.4, -0.2) is 38.7 Å². The monoisotopic (exact) mass is 278 g/mol. The van der Waals surface area contributed by atoms with Gasteiger partial charge in [-0.15, -0.1) is 0 Å². The molecule has 0 saturated carbocycles. The Kier molecular flexibility index (Phi) is 8.31. The number of hydrogen-bond donors (Lipinski definition) is 1. The van der Waals surface area contributed by atoms with Gasteiger partial charge in [-0.3, -0.25) is 0 Å². The van der Waals surface area contributed by atoms with E-state index in [1.54, 1.807) is 0 Å². The predicted octanol–water partition coefficient (Wildman–Crippen LogP) is 3.47. The van der Waals surface area contributed by atoms with Crippen molar-refractivity contribution in [2.75, 3.05) is 33.8 Å². The van der Waals surface area contributed by atoms with Crippen LogP contribution in [-0.2, 0) is 0 Å². The maximum absolute atomic E-state index is 5.76. The zero-order chi connectivity index (χ0) is 14.8. The van der Waals surface area contributed by atoms with E-state index in [-0.39, 0.29) is 0 Å². The van der Waals surface area contributed by atoms with Crippen LogP contribution in [0.1, 0.15) is 44.7 Å². The van der Waals surface area contributed by atoms with Gasteiger partial charge in [0.15, 0.2) is 0 Å². The van der Waals surface area contributed by atoms with Gasteiger partial charge in [0.05, 0.1) is 6.61 Å². The van der Waals surface area contributed by atoms with E-state index in [0.29, 0.717) is 6.04 Å². The molecule has 0 aliphatic heterocycles. The van der Waals surface area contributed by atoms with Crippen LogP contribution in [0.3, 0.4) is 0 Å². The molecule has 1 rings (SSSR count). The van der Waals surface area contributed by atoms with Gasteiger partial charge in [-0.25, -0.2) is 0 Å². The van der Waals surface area contributed by atoms with E-state index in [1.165, 1.54) is 12.0 Å². The summed E-state index contributed by atoms with van der Waals surface area (Å²) in [6.07, 6.45) is 3.34. The number of hydrogen-bond acceptors (Lipinski definition) is 3. The van der Waals surface area contributed by atoms with Crippen molar-refractivity contribution in [1.82, 2.24) is 10.2 Å². The Balaban J connectivity index is 2.42. The third kappa shape index (κ3) is 6.40. The van der Waals surface area contributed by atoms with Gasteiger partial charge in [-0.1, -0.05) is 26.0 Å². The lowest BCUT2D eigenvalue weighted by Gasteiger charge is -2.17. The molecule has 20 heavy (non-hydrogen) atoms. The Morgan fingerprint density at radius 2 is 1.85 bits per heavy atom. The largest absolute Gasteiger partial charge is 0.494 e. The van der Waals surface area contributed by atoms with Crippen molar-refractivity contribution < 1.29 is 4.74 Å². The fourth-order valence-corrected chi connectivity index (χ4v) is 2.18. The van der Waals surface area contributed by atoms with Gasteiger partial charge in [0, 0.05) is 12.6 Å². The molecule has 3 nitrogen and oxygen atoms in total. The molecule has 0 aromatic heterocycles. The molecule has 0 aliphatic rings. The van der Waals surface area contributed by atoms with E-state index in [1.807, 2.05) is 0 Å². The van der Waals surface area contributed by atoms with Crippen LogP contribution in [0.5, 0.6) is 5.75 Å². The zero-order valence-electron chi connectivity index (χ0n) is 13.5. The molecule has 0 bridgehead atoms. The van der Waals surface area contributed by atoms with E-state index in [0.717, 1.165) is 38.3 Å². The van der Waals surface area contributed by atoms with Crippen molar-refractivity contribution in [3.8, 4) is 5.75 Å². The fraction of sp³-hybridized carbons (Fsp3) is 0.647. The molecule has 0 spiro atoms. The second kappa shape index (κ2) is 9.78. The van der Waals surface area contributed by atoms with Gasteiger partial charge in [0.25, 0.3) is 0 Å². The van der Waals surface area contributed by atoms with E-state index >= 15 is 0 Å². The summed E-state index contributed by atoms with van der Waals surface area (Å²) >= 11 is 0. The van der Waals surface area contributed by atoms with Crippen molar-refractivity contribution in [2.24, 2.45) is 0 Å². The quantitative estimate of drug-likeness (QED) is 0.663. The molecule has 0 heterocycles. The van der Waals surface area contributed by atoms with E-state index in [2.05, 4.69) is 62.4 Å². The van der Waals surface area contributed by atoms with Crippen molar-refractivity contribution >= 4 is 0 Å². The lowest BCUT2D eigenvalue weighted by molar-refractivity contribution is 0.281. The van der Waals surface area contributed by atoms with Crippen molar-refractivity contribution in [3.63, 3.8) is 0 Å². The molecule has 114 valence electrons. The first-order chi connectivity index (χ1) is 9.67. The average molecular weight is 278 g/mol. The summed E-state index contributed by atoms with van der Waals surface area (Å²) in [4.78, 5) is 2.18. The molecule has 0 radical (unpaired) electrons. The smallest absolute Gasteiger partial charge is 0.119 e. The summed E-state index contributed by atoms with van der Waals surface area (Å²) in [7, 11) is 4.17. The zero-order valence-corrected chi connectivity index (χ0v) is 13.5. The molecule has 0 aliphatic carbocycles. The molecule has 1 N–H and O–H groups in total. The summed E-state index contributed by atoms with van der Waals surface area (Å²) in [6.45, 7) is 7.34. The molecule has 1 aromatic carbocycles. The molecule has 1 atom stereocenters. The van der Waals surface area contributed by atoms with Crippen LogP contribution < -0.4 is 10.1 Å². The van der Waals surface area contributed by atoms with Crippen LogP contribution in [0.15, 0.2) is 24.3 Å². The van der Waals surface area contributed by atoms with E-state index < -0.39 is 0 Å². The minimum atomic E-state index is 0.456. The van der Waals surface area contributed by atoms with Gasteiger partial charge in [-0.2, -0.15) is 0 Å². The van der Waals surface area contributed by atoms with Gasteiger partial charge in [0.1, 0.15) is 5.75 Å². The molecular weight excluding hydrogens is 248 g/mol. The van der Waals surface area contributed by atoms with Crippen LogP contribution in [0.25, 0.3) is 0 Å². The van der Waals surface area contributed by atoms with E-state index in [9.17, 15) is 0 Å². The Morgan fingerprint density at radius 1 is 1.15 bits per heavy atom. The number of ether oxygens (including phenoxy) is 1. The predicted molar refractivity (Wildman–Crippen MR) is 86.4 cm³/mol. The highest BCUT2D eigenvalue weighted by Crippen LogP contribution is 2.20. The Labute approximate surface area is 124 Å². The molecule has 3 heteroatoms. The first-order valence-electron chi connectivity index (χ1n) is 7.78. The summed E-state index contributed by atoms with van der Waals surface area (Å²) in [6, 6.07) is 8.98. The maximum Gasteiger partial charge on any atom is 0.119 e. The summed E-state index contributed by atoms with van der Waals surface area (Å²) in [5, 5.41) is 3.57. The normalized spacial score (nSPS) is 12.7. The second-order valence-electron chi connectivity index (χ2n) is 5.49. The molecule has 0 amide bonds. The van der Waals surface area contributed by atoms with Gasteiger partial charge < -0.3 is 15.0 Å². The molecular formula is C17H30N2O. The highest BCUT2D eigenvalue weighted by molar-refractivity contribution is 5.29. The number of nitrogens with one attached hydrogen (secondary N) is 1. The SMILES string of the molecule is CCCNC(CC)c1ccc(OCCCN(C)C)cc1. The Hall–Kier alpha value is -1.06. The topological polar surface area (TPSA) is 24.5 Å². The molecule has 1 unspecified atom stereocenters. The number of rotatable bonds is 10. The molecule has 0 saturated heterocycles. The lowest BCUT2D eigenvalue weighted by atomic mass is 10.0. The van der Waals surface area contributed by atoms with Crippen molar-refractivity contribution in [1.29, 1.82) is 0 Å². The lowest BCUT2D eigenvalue weighted by Crippen LogP contribution is -2.21. The number of nitrogens with zero attached hydrogens (tertiary/aromatic N) is 1. The third-order valence-corrected chi connectivity index (χ3v) is 3.35. The average Bonchev–Trinajstić information content (AvgIpc) is 2.45. The molecule has 1 aromatic rings. The first kappa shape index (κ1) is 17.0. The highest BCUT2D eigenvalue weighted by Gasteiger charge is 2.07. The van der Waals surface area contributed by atoms with Crippen LogP contribution in [0.4, 0.5) is 0 Å². The summed E-state index contributed by atoms with van der Waals surface area (Å²) in [5.41, 5.74) is 1.35. The van der Waals surface area contributed by atoms with Gasteiger partial charge in [0.2, 0.25) is 0 Å². The Morgan fingerprint density at radius 3 is 2.40 bits per heavy atom. The second-order valence-corrected chi connectivity index (χ2v) is 5.49.